The highest BCUT2D eigenvalue weighted by atomic mass is 15.3. The lowest BCUT2D eigenvalue weighted by Gasteiger charge is -2.19. The molecule has 1 aromatic rings. The largest absolute Gasteiger partial charge is 0.311 e. The summed E-state index contributed by atoms with van der Waals surface area (Å²) in [5.41, 5.74) is 2.75. The molecule has 0 aromatic carbocycles. The summed E-state index contributed by atoms with van der Waals surface area (Å²) in [5, 5.41) is 7.58. The Labute approximate surface area is 66.4 Å². The monoisotopic (exact) mass is 151 g/mol. The molecule has 3 nitrogen and oxygen atoms in total. The van der Waals surface area contributed by atoms with Crippen molar-refractivity contribution >= 4 is 0 Å². The SMILES string of the molecule is C[C@@H]1CNCc2c1cnn2C. The molecular formula is C8H13N3. The Morgan fingerprint density at radius 1 is 1.73 bits per heavy atom. The van der Waals surface area contributed by atoms with E-state index in [0.717, 1.165) is 13.1 Å². The average molecular weight is 151 g/mol. The van der Waals surface area contributed by atoms with E-state index in [0.29, 0.717) is 5.92 Å². The van der Waals surface area contributed by atoms with Crippen molar-refractivity contribution in [2.24, 2.45) is 7.05 Å². The highest BCUT2D eigenvalue weighted by molar-refractivity contribution is 5.24. The van der Waals surface area contributed by atoms with Gasteiger partial charge in [-0.25, -0.2) is 0 Å². The molecule has 2 rings (SSSR count). The fourth-order valence-electron chi connectivity index (χ4n) is 1.63. The van der Waals surface area contributed by atoms with E-state index in [2.05, 4.69) is 17.3 Å². The summed E-state index contributed by atoms with van der Waals surface area (Å²) in [6.45, 7) is 4.28. The molecule has 0 spiro atoms. The zero-order chi connectivity index (χ0) is 7.84. The van der Waals surface area contributed by atoms with Crippen LogP contribution in [0.2, 0.25) is 0 Å². The number of aromatic nitrogens is 2. The molecule has 60 valence electrons. The van der Waals surface area contributed by atoms with Crippen LogP contribution in [-0.2, 0) is 13.6 Å². The van der Waals surface area contributed by atoms with Gasteiger partial charge in [-0.05, 0) is 11.5 Å². The molecule has 0 radical (unpaired) electrons. The van der Waals surface area contributed by atoms with E-state index in [-0.39, 0.29) is 0 Å². The first kappa shape index (κ1) is 6.85. The van der Waals surface area contributed by atoms with Crippen LogP contribution in [0.25, 0.3) is 0 Å². The fourth-order valence-corrected chi connectivity index (χ4v) is 1.63. The maximum atomic E-state index is 4.23. The Balaban J connectivity index is 2.46. The maximum Gasteiger partial charge on any atom is 0.0553 e. The molecule has 1 aliphatic rings. The second-order valence-electron chi connectivity index (χ2n) is 3.20. The van der Waals surface area contributed by atoms with Gasteiger partial charge in [-0.2, -0.15) is 5.10 Å². The Bertz CT molecular complexity index is 264. The van der Waals surface area contributed by atoms with E-state index in [1.54, 1.807) is 0 Å². The smallest absolute Gasteiger partial charge is 0.0553 e. The minimum absolute atomic E-state index is 0.618. The highest BCUT2D eigenvalue weighted by Crippen LogP contribution is 2.21. The minimum atomic E-state index is 0.618. The zero-order valence-electron chi connectivity index (χ0n) is 6.96. The van der Waals surface area contributed by atoms with E-state index in [9.17, 15) is 0 Å². The van der Waals surface area contributed by atoms with Crippen LogP contribution < -0.4 is 5.32 Å². The lowest BCUT2D eigenvalue weighted by Crippen LogP contribution is -2.27. The molecule has 0 aliphatic carbocycles. The van der Waals surface area contributed by atoms with Gasteiger partial charge in [0.15, 0.2) is 0 Å². The third-order valence-electron chi connectivity index (χ3n) is 2.37. The second-order valence-corrected chi connectivity index (χ2v) is 3.20. The van der Waals surface area contributed by atoms with Crippen molar-refractivity contribution in [2.75, 3.05) is 6.54 Å². The predicted molar refractivity (Wildman–Crippen MR) is 43.3 cm³/mol. The normalized spacial score (nSPS) is 23.3. The quantitative estimate of drug-likeness (QED) is 0.589. The molecule has 0 amide bonds. The molecule has 0 bridgehead atoms. The molecular weight excluding hydrogens is 138 g/mol. The minimum Gasteiger partial charge on any atom is -0.311 e. The maximum absolute atomic E-state index is 4.23. The van der Waals surface area contributed by atoms with Crippen LogP contribution in [0, 0.1) is 0 Å². The van der Waals surface area contributed by atoms with Gasteiger partial charge in [0.05, 0.1) is 11.9 Å². The summed E-state index contributed by atoms with van der Waals surface area (Å²) in [6.07, 6.45) is 1.99. The average Bonchev–Trinajstić information content (AvgIpc) is 2.35. The predicted octanol–water partition coefficient (Wildman–Crippen LogP) is 0.627. The highest BCUT2D eigenvalue weighted by Gasteiger charge is 2.18. The Hall–Kier alpha value is -0.830. The molecule has 1 N–H and O–H groups in total. The summed E-state index contributed by atoms with van der Waals surface area (Å²) in [4.78, 5) is 0. The molecule has 0 saturated heterocycles. The summed E-state index contributed by atoms with van der Waals surface area (Å²) >= 11 is 0. The fraction of sp³-hybridized carbons (Fsp3) is 0.625. The Kier molecular flexibility index (Phi) is 1.46. The van der Waals surface area contributed by atoms with Crippen LogP contribution >= 0.6 is 0 Å². The van der Waals surface area contributed by atoms with Crippen LogP contribution in [0.1, 0.15) is 24.1 Å². The van der Waals surface area contributed by atoms with Crippen LogP contribution in [0.3, 0.4) is 0 Å². The lowest BCUT2D eigenvalue weighted by atomic mass is 9.99. The number of nitrogens with zero attached hydrogens (tertiary/aromatic N) is 2. The third-order valence-corrected chi connectivity index (χ3v) is 2.37. The van der Waals surface area contributed by atoms with E-state index in [4.69, 9.17) is 0 Å². The number of hydrogen-bond donors (Lipinski definition) is 1. The molecule has 1 aliphatic heterocycles. The summed E-state index contributed by atoms with van der Waals surface area (Å²) in [6, 6.07) is 0. The number of nitrogens with one attached hydrogen (secondary N) is 1. The van der Waals surface area contributed by atoms with Gasteiger partial charge in [0.25, 0.3) is 0 Å². The van der Waals surface area contributed by atoms with Gasteiger partial charge in [0.2, 0.25) is 0 Å². The molecule has 3 heteroatoms. The van der Waals surface area contributed by atoms with Gasteiger partial charge in [-0.15, -0.1) is 0 Å². The van der Waals surface area contributed by atoms with Gasteiger partial charge in [-0.1, -0.05) is 6.92 Å². The molecule has 1 atom stereocenters. The number of hydrogen-bond acceptors (Lipinski definition) is 2. The number of aryl methyl sites for hydroxylation is 1. The van der Waals surface area contributed by atoms with Crippen molar-refractivity contribution < 1.29 is 0 Å². The van der Waals surface area contributed by atoms with Gasteiger partial charge < -0.3 is 5.32 Å². The Morgan fingerprint density at radius 2 is 2.55 bits per heavy atom. The lowest BCUT2D eigenvalue weighted by molar-refractivity contribution is 0.543. The first-order chi connectivity index (χ1) is 5.29. The standard InChI is InChI=1S/C8H13N3/c1-6-3-9-5-8-7(6)4-10-11(8)2/h4,6,9H,3,5H2,1-2H3/t6-/m1/s1. The van der Waals surface area contributed by atoms with E-state index in [1.807, 2.05) is 17.9 Å². The molecule has 0 fully saturated rings. The second kappa shape index (κ2) is 2.34. The van der Waals surface area contributed by atoms with Crippen molar-refractivity contribution in [1.29, 1.82) is 0 Å². The van der Waals surface area contributed by atoms with E-state index in [1.165, 1.54) is 11.3 Å². The van der Waals surface area contributed by atoms with Crippen LogP contribution in [0.5, 0.6) is 0 Å². The van der Waals surface area contributed by atoms with Crippen molar-refractivity contribution in [3.8, 4) is 0 Å². The van der Waals surface area contributed by atoms with Crippen molar-refractivity contribution in [3.63, 3.8) is 0 Å². The molecule has 0 saturated carbocycles. The molecule has 11 heavy (non-hydrogen) atoms. The summed E-state index contributed by atoms with van der Waals surface area (Å²) in [5.74, 6) is 0.618. The van der Waals surface area contributed by atoms with Gasteiger partial charge in [0.1, 0.15) is 0 Å². The first-order valence-corrected chi connectivity index (χ1v) is 4.00. The van der Waals surface area contributed by atoms with Gasteiger partial charge in [-0.3, -0.25) is 4.68 Å². The van der Waals surface area contributed by atoms with Gasteiger partial charge >= 0.3 is 0 Å². The zero-order valence-corrected chi connectivity index (χ0v) is 6.96. The topological polar surface area (TPSA) is 29.9 Å². The van der Waals surface area contributed by atoms with Crippen LogP contribution in [-0.4, -0.2) is 16.3 Å². The number of fused-ring (bicyclic) bond motifs is 1. The Morgan fingerprint density at radius 3 is 3.27 bits per heavy atom. The van der Waals surface area contributed by atoms with Crippen LogP contribution in [0.4, 0.5) is 0 Å². The first-order valence-electron chi connectivity index (χ1n) is 4.00. The van der Waals surface area contributed by atoms with E-state index < -0.39 is 0 Å². The molecule has 2 heterocycles. The van der Waals surface area contributed by atoms with Crippen molar-refractivity contribution in [2.45, 2.75) is 19.4 Å². The summed E-state index contributed by atoms with van der Waals surface area (Å²) in [7, 11) is 2.00. The van der Waals surface area contributed by atoms with Gasteiger partial charge in [0, 0.05) is 20.1 Å². The van der Waals surface area contributed by atoms with Crippen molar-refractivity contribution in [3.05, 3.63) is 17.5 Å². The molecule has 0 unspecified atom stereocenters. The van der Waals surface area contributed by atoms with Crippen LogP contribution in [0.15, 0.2) is 6.20 Å². The van der Waals surface area contributed by atoms with E-state index >= 15 is 0 Å². The molecule has 1 aromatic heterocycles. The van der Waals surface area contributed by atoms with Crippen molar-refractivity contribution in [1.82, 2.24) is 15.1 Å². The summed E-state index contributed by atoms with van der Waals surface area (Å²) < 4.78 is 1.96. The number of rotatable bonds is 0. The third kappa shape index (κ3) is 0.959.